The van der Waals surface area contributed by atoms with Gasteiger partial charge in [0.1, 0.15) is 0 Å². The lowest BCUT2D eigenvalue weighted by Crippen LogP contribution is -3.00. The standard InChI is InChI=1S/C30H46N2.2BrH/c1-31(21-15-27-9-5-3-6-10-27)23-17-29(18-24-31)13-14-30-19-25-32(2,26-20-30)22-16-28-11-7-4-8-12-28;;/h3-12,29-30H,13-26H2,1-2H3;2*1H/q+2;;/p-2. The minimum Gasteiger partial charge on any atom is -1.00 e. The zero-order valence-corrected chi connectivity index (χ0v) is 24.7. The molecule has 2 heterocycles. The van der Waals surface area contributed by atoms with Gasteiger partial charge >= 0.3 is 0 Å². The minimum absolute atomic E-state index is 0. The van der Waals surface area contributed by atoms with Crippen LogP contribution in [0.2, 0.25) is 0 Å². The van der Waals surface area contributed by atoms with Crippen LogP contribution < -0.4 is 34.0 Å². The van der Waals surface area contributed by atoms with E-state index < -0.39 is 0 Å². The topological polar surface area (TPSA) is 0 Å². The number of rotatable bonds is 9. The second kappa shape index (κ2) is 14.2. The van der Waals surface area contributed by atoms with Crippen molar-refractivity contribution in [1.29, 1.82) is 0 Å². The Morgan fingerprint density at radius 3 is 1.21 bits per heavy atom. The maximum absolute atomic E-state index is 2.49. The van der Waals surface area contributed by atoms with Gasteiger partial charge in [-0.1, -0.05) is 60.7 Å². The Morgan fingerprint density at radius 2 is 0.882 bits per heavy atom. The van der Waals surface area contributed by atoms with Crippen LogP contribution in [-0.2, 0) is 12.8 Å². The van der Waals surface area contributed by atoms with Crippen molar-refractivity contribution in [2.45, 2.75) is 51.4 Å². The van der Waals surface area contributed by atoms with Crippen LogP contribution in [0.1, 0.15) is 49.7 Å². The van der Waals surface area contributed by atoms with Crippen LogP contribution in [0.15, 0.2) is 60.7 Å². The molecule has 4 rings (SSSR count). The molecule has 0 bridgehead atoms. The van der Waals surface area contributed by atoms with E-state index in [0.29, 0.717) is 0 Å². The molecule has 2 saturated heterocycles. The van der Waals surface area contributed by atoms with Gasteiger partial charge in [0.15, 0.2) is 0 Å². The van der Waals surface area contributed by atoms with Crippen molar-refractivity contribution in [3.8, 4) is 0 Å². The summed E-state index contributed by atoms with van der Waals surface area (Å²) >= 11 is 0. The van der Waals surface area contributed by atoms with E-state index in [1.54, 1.807) is 0 Å². The predicted octanol–water partition coefficient (Wildman–Crippen LogP) is -0.0268. The molecule has 0 spiro atoms. The van der Waals surface area contributed by atoms with E-state index in [2.05, 4.69) is 74.8 Å². The molecular weight excluding hydrogens is 548 g/mol. The average molecular weight is 595 g/mol. The van der Waals surface area contributed by atoms with Crippen molar-refractivity contribution >= 4 is 0 Å². The van der Waals surface area contributed by atoms with E-state index in [1.165, 1.54) is 111 Å². The maximum atomic E-state index is 2.49. The molecule has 0 saturated carbocycles. The number of nitrogens with zero attached hydrogens (tertiary/aromatic N) is 2. The first-order valence-corrected chi connectivity index (χ1v) is 13.3. The summed E-state index contributed by atoms with van der Waals surface area (Å²) in [6.45, 7) is 8.15. The van der Waals surface area contributed by atoms with Gasteiger partial charge in [-0.05, 0) is 61.5 Å². The Hall–Kier alpha value is -0.680. The molecule has 0 unspecified atom stereocenters. The number of quaternary nitrogens is 2. The quantitative estimate of drug-likeness (QED) is 0.359. The Kier molecular flexibility index (Phi) is 12.3. The van der Waals surface area contributed by atoms with Gasteiger partial charge in [-0.25, -0.2) is 0 Å². The smallest absolute Gasteiger partial charge is 0.0825 e. The maximum Gasteiger partial charge on any atom is 0.0825 e. The number of hydrogen-bond acceptors (Lipinski definition) is 0. The zero-order chi connectivity index (χ0) is 22.3. The fraction of sp³-hybridized carbons (Fsp3) is 0.600. The van der Waals surface area contributed by atoms with Gasteiger partial charge in [0, 0.05) is 12.8 Å². The van der Waals surface area contributed by atoms with Crippen LogP contribution in [0.5, 0.6) is 0 Å². The molecule has 2 aromatic rings. The highest BCUT2D eigenvalue weighted by molar-refractivity contribution is 5.15. The predicted molar refractivity (Wildman–Crippen MR) is 137 cm³/mol. The first-order valence-electron chi connectivity index (χ1n) is 13.3. The monoisotopic (exact) mass is 592 g/mol. The average Bonchev–Trinajstić information content (AvgIpc) is 2.84. The molecule has 190 valence electrons. The van der Waals surface area contributed by atoms with Crippen LogP contribution in [0.25, 0.3) is 0 Å². The fourth-order valence-electron chi connectivity index (χ4n) is 6.07. The highest BCUT2D eigenvalue weighted by Crippen LogP contribution is 2.31. The lowest BCUT2D eigenvalue weighted by Gasteiger charge is -2.42. The normalized spacial score (nSPS) is 29.0. The van der Waals surface area contributed by atoms with Gasteiger partial charge in [0.2, 0.25) is 0 Å². The summed E-state index contributed by atoms with van der Waals surface area (Å²) < 4.78 is 2.57. The molecule has 0 radical (unpaired) electrons. The molecule has 0 N–H and O–H groups in total. The largest absolute Gasteiger partial charge is 1.00 e. The van der Waals surface area contributed by atoms with E-state index in [-0.39, 0.29) is 34.0 Å². The van der Waals surface area contributed by atoms with Crippen LogP contribution in [0, 0.1) is 11.8 Å². The third-order valence-corrected chi connectivity index (χ3v) is 8.86. The summed E-state index contributed by atoms with van der Waals surface area (Å²) in [6.07, 6.45) is 11.2. The van der Waals surface area contributed by atoms with Crippen molar-refractivity contribution in [2.24, 2.45) is 11.8 Å². The third kappa shape index (κ3) is 9.08. The van der Waals surface area contributed by atoms with Gasteiger partial charge in [0.05, 0.1) is 53.4 Å². The molecule has 2 aliphatic rings. The van der Waals surface area contributed by atoms with Crippen LogP contribution in [-0.4, -0.2) is 62.3 Å². The zero-order valence-electron chi connectivity index (χ0n) is 21.5. The molecule has 0 aromatic heterocycles. The molecule has 4 heteroatoms. The summed E-state index contributed by atoms with van der Waals surface area (Å²) in [5.74, 6) is 1.97. The van der Waals surface area contributed by atoms with Gasteiger partial charge in [-0.15, -0.1) is 0 Å². The molecule has 0 atom stereocenters. The first-order chi connectivity index (χ1) is 15.5. The SMILES string of the molecule is C[N+]1(CCc2ccccc2)CCC(CCC2CC[N+](C)(CCc3ccccc3)CC2)CC1.[Br-].[Br-]. The molecule has 2 aliphatic heterocycles. The summed E-state index contributed by atoms with van der Waals surface area (Å²) in [5.41, 5.74) is 3.00. The summed E-state index contributed by atoms with van der Waals surface area (Å²) in [6, 6.07) is 22.1. The van der Waals surface area contributed by atoms with Crippen molar-refractivity contribution in [2.75, 3.05) is 53.4 Å². The number of likely N-dealkylation sites (N-methyl/N-ethyl adjacent to an activating group) is 2. The van der Waals surface area contributed by atoms with Crippen LogP contribution in [0.3, 0.4) is 0 Å². The Bertz CT molecular complexity index is 726. The summed E-state index contributed by atoms with van der Waals surface area (Å²) in [7, 11) is 4.99. The third-order valence-electron chi connectivity index (χ3n) is 8.86. The molecule has 0 amide bonds. The summed E-state index contributed by atoms with van der Waals surface area (Å²) in [4.78, 5) is 0. The molecule has 2 fully saturated rings. The summed E-state index contributed by atoms with van der Waals surface area (Å²) in [5, 5.41) is 0. The number of likely N-dealkylation sites (tertiary alicyclic amines) is 2. The highest BCUT2D eigenvalue weighted by Gasteiger charge is 2.32. The lowest BCUT2D eigenvalue weighted by molar-refractivity contribution is -0.915. The van der Waals surface area contributed by atoms with Gasteiger partial charge in [0.25, 0.3) is 0 Å². The molecule has 0 aliphatic carbocycles. The number of piperidine rings is 2. The Labute approximate surface area is 230 Å². The molecule has 2 aromatic carbocycles. The lowest BCUT2D eigenvalue weighted by atomic mass is 9.84. The number of hydrogen-bond donors (Lipinski definition) is 0. The van der Waals surface area contributed by atoms with Crippen molar-refractivity contribution in [1.82, 2.24) is 0 Å². The number of halogens is 2. The Balaban J connectivity index is 0.00000204. The number of benzene rings is 2. The molecular formula is C30H46Br2N2. The first kappa shape index (κ1) is 29.5. The van der Waals surface area contributed by atoms with Crippen molar-refractivity contribution in [3.63, 3.8) is 0 Å². The van der Waals surface area contributed by atoms with Crippen LogP contribution in [0.4, 0.5) is 0 Å². The highest BCUT2D eigenvalue weighted by atomic mass is 79.9. The van der Waals surface area contributed by atoms with E-state index in [9.17, 15) is 0 Å². The fourth-order valence-corrected chi connectivity index (χ4v) is 6.07. The second-order valence-electron chi connectivity index (χ2n) is 11.5. The van der Waals surface area contributed by atoms with Gasteiger partial charge < -0.3 is 42.9 Å². The van der Waals surface area contributed by atoms with Crippen molar-refractivity contribution < 1.29 is 42.9 Å². The van der Waals surface area contributed by atoms with E-state index in [0.717, 1.165) is 11.8 Å². The molecule has 34 heavy (non-hydrogen) atoms. The van der Waals surface area contributed by atoms with E-state index in [1.807, 2.05) is 0 Å². The molecule has 2 nitrogen and oxygen atoms in total. The van der Waals surface area contributed by atoms with E-state index in [4.69, 9.17) is 0 Å². The van der Waals surface area contributed by atoms with Crippen molar-refractivity contribution in [3.05, 3.63) is 71.8 Å². The van der Waals surface area contributed by atoms with E-state index >= 15 is 0 Å². The van der Waals surface area contributed by atoms with Gasteiger partial charge in [-0.2, -0.15) is 0 Å². The van der Waals surface area contributed by atoms with Crippen LogP contribution >= 0.6 is 0 Å². The van der Waals surface area contributed by atoms with Gasteiger partial charge in [-0.3, -0.25) is 0 Å². The minimum atomic E-state index is 0. The Morgan fingerprint density at radius 1 is 0.559 bits per heavy atom. The second-order valence-corrected chi connectivity index (χ2v) is 11.5.